The second kappa shape index (κ2) is 7.60. The van der Waals surface area contributed by atoms with Crippen molar-refractivity contribution in [3.05, 3.63) is 47.9 Å². The van der Waals surface area contributed by atoms with Crippen molar-refractivity contribution < 1.29 is 13.9 Å². The van der Waals surface area contributed by atoms with Crippen molar-refractivity contribution in [2.24, 2.45) is 0 Å². The summed E-state index contributed by atoms with van der Waals surface area (Å²) in [5.41, 5.74) is 1.15. The largest absolute Gasteiger partial charge is 0.493 e. The Morgan fingerprint density at radius 3 is 2.75 bits per heavy atom. The summed E-state index contributed by atoms with van der Waals surface area (Å²) in [4.78, 5) is 0. The van der Waals surface area contributed by atoms with Crippen LogP contribution in [0.1, 0.15) is 24.7 Å². The van der Waals surface area contributed by atoms with Gasteiger partial charge < -0.3 is 19.2 Å². The van der Waals surface area contributed by atoms with Gasteiger partial charge in [0.1, 0.15) is 5.76 Å². The molecule has 0 aliphatic heterocycles. The van der Waals surface area contributed by atoms with Gasteiger partial charge in [0.25, 0.3) is 0 Å². The molecule has 1 heterocycles. The van der Waals surface area contributed by atoms with Crippen molar-refractivity contribution in [3.63, 3.8) is 0 Å². The highest BCUT2D eigenvalue weighted by atomic mass is 16.5. The van der Waals surface area contributed by atoms with Crippen molar-refractivity contribution in [2.45, 2.75) is 26.4 Å². The molecule has 0 aliphatic rings. The van der Waals surface area contributed by atoms with Crippen LogP contribution < -0.4 is 14.8 Å². The monoisotopic (exact) mass is 275 g/mol. The maximum atomic E-state index is 5.64. The number of nitrogens with one attached hydrogen (secondary N) is 1. The Kier molecular flexibility index (Phi) is 5.50. The Morgan fingerprint density at radius 2 is 2.05 bits per heavy atom. The fourth-order valence-corrected chi connectivity index (χ4v) is 1.90. The summed E-state index contributed by atoms with van der Waals surface area (Å²) in [6, 6.07) is 9.84. The number of benzene rings is 1. The molecule has 0 unspecified atom stereocenters. The van der Waals surface area contributed by atoms with E-state index in [-0.39, 0.29) is 0 Å². The molecule has 0 spiro atoms. The molecule has 2 aromatic rings. The summed E-state index contributed by atoms with van der Waals surface area (Å²) in [5, 5.41) is 3.33. The summed E-state index contributed by atoms with van der Waals surface area (Å²) < 4.78 is 16.3. The van der Waals surface area contributed by atoms with Crippen LogP contribution in [0.2, 0.25) is 0 Å². The van der Waals surface area contributed by atoms with Crippen LogP contribution in [0.25, 0.3) is 0 Å². The van der Waals surface area contributed by atoms with E-state index < -0.39 is 0 Å². The standard InChI is InChI=1S/C16H21NO3/c1-3-8-20-15-7-6-13(10-16(15)18-2)11-17-12-14-5-4-9-19-14/h4-7,9-10,17H,3,8,11-12H2,1-2H3. The van der Waals surface area contributed by atoms with Crippen molar-refractivity contribution in [3.8, 4) is 11.5 Å². The first kappa shape index (κ1) is 14.5. The van der Waals surface area contributed by atoms with Crippen LogP contribution in [0.3, 0.4) is 0 Å². The van der Waals surface area contributed by atoms with Gasteiger partial charge in [0, 0.05) is 6.54 Å². The molecule has 1 aromatic heterocycles. The molecule has 0 aliphatic carbocycles. The quantitative estimate of drug-likeness (QED) is 0.802. The molecule has 4 heteroatoms. The predicted molar refractivity (Wildman–Crippen MR) is 78.0 cm³/mol. The maximum Gasteiger partial charge on any atom is 0.161 e. The van der Waals surface area contributed by atoms with E-state index in [0.29, 0.717) is 13.2 Å². The Balaban J connectivity index is 1.91. The van der Waals surface area contributed by atoms with Crippen LogP contribution in [0.4, 0.5) is 0 Å². The van der Waals surface area contributed by atoms with E-state index in [1.807, 2.05) is 30.3 Å². The molecule has 20 heavy (non-hydrogen) atoms. The van der Waals surface area contributed by atoms with Gasteiger partial charge in [-0.25, -0.2) is 0 Å². The van der Waals surface area contributed by atoms with Gasteiger partial charge in [0.05, 0.1) is 26.5 Å². The lowest BCUT2D eigenvalue weighted by molar-refractivity contribution is 0.294. The number of rotatable bonds is 8. The van der Waals surface area contributed by atoms with Crippen LogP contribution in [-0.2, 0) is 13.1 Å². The number of ether oxygens (including phenoxy) is 2. The van der Waals surface area contributed by atoms with Gasteiger partial charge in [-0.05, 0) is 36.2 Å². The molecule has 0 saturated carbocycles. The smallest absolute Gasteiger partial charge is 0.161 e. The first-order chi connectivity index (χ1) is 9.83. The highest BCUT2D eigenvalue weighted by Gasteiger charge is 2.05. The lowest BCUT2D eigenvalue weighted by Gasteiger charge is -2.12. The minimum Gasteiger partial charge on any atom is -0.493 e. The number of hydrogen-bond donors (Lipinski definition) is 1. The maximum absolute atomic E-state index is 5.64. The average Bonchev–Trinajstić information content (AvgIpc) is 2.99. The van der Waals surface area contributed by atoms with E-state index >= 15 is 0 Å². The molecule has 0 radical (unpaired) electrons. The van der Waals surface area contributed by atoms with E-state index in [9.17, 15) is 0 Å². The minimum atomic E-state index is 0.701. The van der Waals surface area contributed by atoms with Crippen LogP contribution in [-0.4, -0.2) is 13.7 Å². The molecule has 2 rings (SSSR count). The van der Waals surface area contributed by atoms with Gasteiger partial charge in [-0.1, -0.05) is 13.0 Å². The van der Waals surface area contributed by atoms with Crippen molar-refractivity contribution in [2.75, 3.05) is 13.7 Å². The third-order valence-electron chi connectivity index (χ3n) is 2.90. The number of methoxy groups -OCH3 is 1. The fraction of sp³-hybridized carbons (Fsp3) is 0.375. The molecule has 1 N–H and O–H groups in total. The Bertz CT molecular complexity index is 508. The van der Waals surface area contributed by atoms with Crippen LogP contribution >= 0.6 is 0 Å². The summed E-state index contributed by atoms with van der Waals surface area (Å²) in [6.45, 7) is 4.25. The number of furan rings is 1. The lowest BCUT2D eigenvalue weighted by atomic mass is 10.2. The lowest BCUT2D eigenvalue weighted by Crippen LogP contribution is -2.12. The predicted octanol–water partition coefficient (Wildman–Crippen LogP) is 3.37. The second-order valence-electron chi connectivity index (χ2n) is 4.52. The Labute approximate surface area is 119 Å². The third kappa shape index (κ3) is 4.03. The average molecular weight is 275 g/mol. The van der Waals surface area contributed by atoms with E-state index in [2.05, 4.69) is 12.2 Å². The zero-order valence-corrected chi connectivity index (χ0v) is 12.0. The van der Waals surface area contributed by atoms with Gasteiger partial charge in [-0.2, -0.15) is 0 Å². The third-order valence-corrected chi connectivity index (χ3v) is 2.90. The second-order valence-corrected chi connectivity index (χ2v) is 4.52. The summed E-state index contributed by atoms with van der Waals surface area (Å²) >= 11 is 0. The molecule has 0 amide bonds. The van der Waals surface area contributed by atoms with Gasteiger partial charge in [-0.15, -0.1) is 0 Å². The first-order valence-corrected chi connectivity index (χ1v) is 6.86. The molecular formula is C16H21NO3. The molecular weight excluding hydrogens is 254 g/mol. The van der Waals surface area contributed by atoms with Crippen molar-refractivity contribution >= 4 is 0 Å². The molecule has 0 atom stereocenters. The summed E-state index contributed by atoms with van der Waals surface area (Å²) in [5.74, 6) is 2.50. The molecule has 4 nitrogen and oxygen atoms in total. The Morgan fingerprint density at radius 1 is 1.15 bits per heavy atom. The van der Waals surface area contributed by atoms with Gasteiger partial charge in [0.15, 0.2) is 11.5 Å². The molecule has 0 fully saturated rings. The van der Waals surface area contributed by atoms with Gasteiger partial charge >= 0.3 is 0 Å². The van der Waals surface area contributed by atoms with Crippen LogP contribution in [0, 0.1) is 0 Å². The minimum absolute atomic E-state index is 0.701. The molecule has 108 valence electrons. The molecule has 0 bridgehead atoms. The highest BCUT2D eigenvalue weighted by Crippen LogP contribution is 2.28. The zero-order valence-electron chi connectivity index (χ0n) is 12.0. The SMILES string of the molecule is CCCOc1ccc(CNCc2ccco2)cc1OC. The summed E-state index contributed by atoms with van der Waals surface area (Å²) in [7, 11) is 1.66. The zero-order chi connectivity index (χ0) is 14.2. The van der Waals surface area contributed by atoms with Crippen LogP contribution in [0.15, 0.2) is 41.0 Å². The number of hydrogen-bond acceptors (Lipinski definition) is 4. The Hall–Kier alpha value is -1.94. The summed E-state index contributed by atoms with van der Waals surface area (Å²) in [6.07, 6.45) is 2.66. The van der Waals surface area contributed by atoms with Gasteiger partial charge in [-0.3, -0.25) is 0 Å². The van der Waals surface area contributed by atoms with E-state index in [0.717, 1.165) is 35.8 Å². The highest BCUT2D eigenvalue weighted by molar-refractivity contribution is 5.42. The van der Waals surface area contributed by atoms with Crippen LogP contribution in [0.5, 0.6) is 11.5 Å². The van der Waals surface area contributed by atoms with Gasteiger partial charge in [0.2, 0.25) is 0 Å². The normalized spacial score (nSPS) is 10.5. The topological polar surface area (TPSA) is 43.6 Å². The first-order valence-electron chi connectivity index (χ1n) is 6.86. The van der Waals surface area contributed by atoms with Crippen molar-refractivity contribution in [1.29, 1.82) is 0 Å². The fourth-order valence-electron chi connectivity index (χ4n) is 1.90. The van der Waals surface area contributed by atoms with E-state index in [4.69, 9.17) is 13.9 Å². The molecule has 1 aromatic carbocycles. The van der Waals surface area contributed by atoms with E-state index in [1.165, 1.54) is 0 Å². The molecule has 0 saturated heterocycles. The van der Waals surface area contributed by atoms with E-state index in [1.54, 1.807) is 13.4 Å². The van der Waals surface area contributed by atoms with Crippen molar-refractivity contribution in [1.82, 2.24) is 5.32 Å².